The number of para-hydroxylation sites is 2. The summed E-state index contributed by atoms with van der Waals surface area (Å²) in [4.78, 5) is 2.20. The molecule has 0 saturated carbocycles. The lowest BCUT2D eigenvalue weighted by atomic mass is 9.74. The fourth-order valence-corrected chi connectivity index (χ4v) is 5.22. The molecule has 0 amide bonds. The standard InChI is InChI=1S/C34H27NO/c1-24-18-23-30-33(36-31-17-11-10-16-29(31)34(30,2)3)32(24)25-19-21-28(22-20-25)35(26-12-6-4-7-13-26)27-14-8-5-9-15-27/h4-8,10-14,16-23H,1-3H3. The monoisotopic (exact) mass is 465 g/mol. The van der Waals surface area contributed by atoms with Gasteiger partial charge in [0.2, 0.25) is 0 Å². The summed E-state index contributed by atoms with van der Waals surface area (Å²) in [6.45, 7) is 6.71. The van der Waals surface area contributed by atoms with Crippen LogP contribution in [0.2, 0.25) is 0 Å². The van der Waals surface area contributed by atoms with Gasteiger partial charge < -0.3 is 9.64 Å². The van der Waals surface area contributed by atoms with Gasteiger partial charge in [-0.15, -0.1) is 0 Å². The summed E-state index contributed by atoms with van der Waals surface area (Å²) >= 11 is 0. The predicted molar refractivity (Wildman–Crippen MR) is 148 cm³/mol. The van der Waals surface area contributed by atoms with Crippen molar-refractivity contribution >= 4 is 17.1 Å². The largest absolute Gasteiger partial charge is 0.456 e. The molecule has 174 valence electrons. The number of hydrogen-bond acceptors (Lipinski definition) is 2. The van der Waals surface area contributed by atoms with E-state index in [1.165, 1.54) is 16.7 Å². The molecule has 0 aliphatic carbocycles. The number of fused-ring (bicyclic) bond motifs is 2. The van der Waals surface area contributed by atoms with E-state index in [1.54, 1.807) is 0 Å². The summed E-state index contributed by atoms with van der Waals surface area (Å²) in [5.74, 6) is 1.89. The van der Waals surface area contributed by atoms with Crippen LogP contribution in [0.4, 0.5) is 17.1 Å². The predicted octanol–water partition coefficient (Wildman–Crippen LogP) is 9.16. The number of benzene rings is 4. The van der Waals surface area contributed by atoms with Crippen LogP contribution in [0, 0.1) is 19.1 Å². The molecule has 2 heteroatoms. The van der Waals surface area contributed by atoms with E-state index >= 15 is 0 Å². The molecule has 6 rings (SSSR count). The Bertz CT molecular complexity index is 1480. The van der Waals surface area contributed by atoms with Gasteiger partial charge in [-0.05, 0) is 66.6 Å². The molecular weight excluding hydrogens is 438 g/mol. The van der Waals surface area contributed by atoms with Crippen molar-refractivity contribution in [1.82, 2.24) is 0 Å². The van der Waals surface area contributed by atoms with E-state index in [2.05, 4.69) is 123 Å². The van der Waals surface area contributed by atoms with Gasteiger partial charge in [0.05, 0.1) is 5.69 Å². The first kappa shape index (κ1) is 22.0. The number of aryl methyl sites for hydroxylation is 1. The van der Waals surface area contributed by atoms with Gasteiger partial charge >= 0.3 is 0 Å². The maximum atomic E-state index is 6.58. The van der Waals surface area contributed by atoms with Crippen LogP contribution >= 0.6 is 0 Å². The molecule has 0 spiro atoms. The zero-order chi connectivity index (χ0) is 24.7. The van der Waals surface area contributed by atoms with Crippen LogP contribution in [-0.4, -0.2) is 0 Å². The smallest absolute Gasteiger partial charge is 0.139 e. The molecule has 0 unspecified atom stereocenters. The van der Waals surface area contributed by atoms with Crippen molar-refractivity contribution in [2.75, 3.05) is 4.90 Å². The quantitative estimate of drug-likeness (QED) is 0.262. The average molecular weight is 466 g/mol. The fraction of sp³-hybridized carbons (Fsp3) is 0.118. The first-order valence-corrected chi connectivity index (χ1v) is 12.3. The average Bonchev–Trinajstić information content (AvgIpc) is 2.91. The number of rotatable bonds is 4. The highest BCUT2D eigenvalue weighted by Gasteiger charge is 2.35. The van der Waals surface area contributed by atoms with Crippen LogP contribution in [-0.2, 0) is 5.41 Å². The second kappa shape index (κ2) is 8.63. The lowest BCUT2D eigenvalue weighted by Gasteiger charge is -2.36. The van der Waals surface area contributed by atoms with E-state index in [-0.39, 0.29) is 5.41 Å². The molecule has 2 nitrogen and oxygen atoms in total. The Hall–Kier alpha value is -4.48. The minimum Gasteiger partial charge on any atom is -0.456 e. The van der Waals surface area contributed by atoms with Gasteiger partial charge in [0.15, 0.2) is 0 Å². The molecular formula is C34H27NO. The van der Waals surface area contributed by atoms with Crippen molar-refractivity contribution in [3.8, 4) is 22.6 Å². The van der Waals surface area contributed by atoms with Gasteiger partial charge in [0.25, 0.3) is 0 Å². The van der Waals surface area contributed by atoms with Crippen molar-refractivity contribution in [2.24, 2.45) is 0 Å². The molecule has 0 fully saturated rings. The highest BCUT2D eigenvalue weighted by Crippen LogP contribution is 2.52. The number of nitrogens with zero attached hydrogens (tertiary/aromatic N) is 1. The molecule has 0 bridgehead atoms. The van der Waals surface area contributed by atoms with Gasteiger partial charge in [-0.3, -0.25) is 0 Å². The van der Waals surface area contributed by atoms with Gasteiger partial charge in [0.1, 0.15) is 11.5 Å². The minimum absolute atomic E-state index is 0.143. The summed E-state index contributed by atoms with van der Waals surface area (Å²) in [7, 11) is 0. The lowest BCUT2D eigenvalue weighted by molar-refractivity contribution is 0.419. The summed E-state index contributed by atoms with van der Waals surface area (Å²) in [6.07, 6.45) is 0. The molecule has 5 aromatic carbocycles. The third kappa shape index (κ3) is 3.61. The van der Waals surface area contributed by atoms with E-state index in [0.29, 0.717) is 0 Å². The van der Waals surface area contributed by atoms with Crippen molar-refractivity contribution in [3.63, 3.8) is 0 Å². The Labute approximate surface area is 213 Å². The minimum atomic E-state index is -0.143. The number of hydrogen-bond donors (Lipinski definition) is 0. The topological polar surface area (TPSA) is 12.5 Å². The van der Waals surface area contributed by atoms with E-state index in [4.69, 9.17) is 4.74 Å². The Morgan fingerprint density at radius 2 is 1.42 bits per heavy atom. The molecule has 1 heterocycles. The Morgan fingerprint density at radius 1 is 0.694 bits per heavy atom. The van der Waals surface area contributed by atoms with Gasteiger partial charge in [0, 0.05) is 33.5 Å². The lowest BCUT2D eigenvalue weighted by Crippen LogP contribution is -2.24. The molecule has 5 aromatic rings. The van der Waals surface area contributed by atoms with Crippen molar-refractivity contribution < 1.29 is 4.74 Å². The summed E-state index contributed by atoms with van der Waals surface area (Å²) in [6, 6.07) is 44.2. The molecule has 0 saturated heterocycles. The molecule has 1 aliphatic heterocycles. The van der Waals surface area contributed by atoms with Crippen molar-refractivity contribution in [1.29, 1.82) is 0 Å². The second-order valence-electron chi connectivity index (χ2n) is 9.76. The molecule has 0 aromatic heterocycles. The number of anilines is 3. The fourth-order valence-electron chi connectivity index (χ4n) is 5.22. The summed E-state index contributed by atoms with van der Waals surface area (Å²) < 4.78 is 6.58. The Balaban J connectivity index is 1.45. The third-order valence-electron chi connectivity index (χ3n) is 7.12. The van der Waals surface area contributed by atoms with Gasteiger partial charge in [-0.2, -0.15) is 0 Å². The molecule has 0 N–H and O–H groups in total. The first-order chi connectivity index (χ1) is 17.5. The SMILES string of the molecule is Cc1ccc2c(c1-c1ccc(N(c3c#cccc3)c3ccccc3)cc1)Oc1ccccc1C2(C)C. The van der Waals surface area contributed by atoms with Crippen LogP contribution in [0.15, 0.2) is 109 Å². The highest BCUT2D eigenvalue weighted by molar-refractivity contribution is 5.82. The summed E-state index contributed by atoms with van der Waals surface area (Å²) in [5.41, 5.74) is 8.87. The van der Waals surface area contributed by atoms with Crippen LogP contribution < -0.4 is 9.64 Å². The maximum absolute atomic E-state index is 6.58. The third-order valence-corrected chi connectivity index (χ3v) is 7.12. The molecule has 0 radical (unpaired) electrons. The number of ether oxygens (including phenoxy) is 1. The summed E-state index contributed by atoms with van der Waals surface area (Å²) in [5, 5.41) is 0. The first-order valence-electron chi connectivity index (χ1n) is 12.3. The van der Waals surface area contributed by atoms with Crippen LogP contribution in [0.5, 0.6) is 11.5 Å². The molecule has 0 atom stereocenters. The zero-order valence-corrected chi connectivity index (χ0v) is 20.7. The van der Waals surface area contributed by atoms with Crippen molar-refractivity contribution in [3.05, 3.63) is 138 Å². The molecule has 36 heavy (non-hydrogen) atoms. The van der Waals surface area contributed by atoms with Gasteiger partial charge in [-0.1, -0.05) is 86.6 Å². The Kier molecular flexibility index (Phi) is 5.28. The van der Waals surface area contributed by atoms with E-state index < -0.39 is 0 Å². The van der Waals surface area contributed by atoms with E-state index in [9.17, 15) is 0 Å². The van der Waals surface area contributed by atoms with Crippen LogP contribution in [0.25, 0.3) is 11.1 Å². The highest BCUT2D eigenvalue weighted by atomic mass is 16.5. The van der Waals surface area contributed by atoms with E-state index in [1.807, 2.05) is 24.3 Å². The second-order valence-corrected chi connectivity index (χ2v) is 9.76. The van der Waals surface area contributed by atoms with Crippen molar-refractivity contribution in [2.45, 2.75) is 26.2 Å². The zero-order valence-electron chi connectivity index (χ0n) is 20.7. The Morgan fingerprint density at radius 3 is 2.17 bits per heavy atom. The normalized spacial score (nSPS) is 13.1. The maximum Gasteiger partial charge on any atom is 0.139 e. The van der Waals surface area contributed by atoms with Crippen LogP contribution in [0.1, 0.15) is 30.5 Å². The van der Waals surface area contributed by atoms with Gasteiger partial charge in [-0.25, -0.2) is 0 Å². The van der Waals surface area contributed by atoms with E-state index in [0.717, 1.165) is 39.7 Å². The molecule has 1 aliphatic rings. The van der Waals surface area contributed by atoms with Crippen LogP contribution in [0.3, 0.4) is 0 Å².